The Morgan fingerprint density at radius 2 is 1.89 bits per heavy atom. The molecule has 1 aliphatic rings. The van der Waals surface area contributed by atoms with Crippen molar-refractivity contribution in [3.8, 4) is 0 Å². The van der Waals surface area contributed by atoms with Crippen LogP contribution in [0.15, 0.2) is 0 Å². The van der Waals surface area contributed by atoms with Crippen LogP contribution in [-0.2, 0) is 9.59 Å². The fourth-order valence-corrected chi connectivity index (χ4v) is 2.72. The lowest BCUT2D eigenvalue weighted by molar-refractivity contribution is -0.146. The molecule has 1 aliphatic carbocycles. The van der Waals surface area contributed by atoms with Gasteiger partial charge in [0.25, 0.3) is 0 Å². The maximum absolute atomic E-state index is 12.0. The van der Waals surface area contributed by atoms with Crippen LogP contribution >= 0.6 is 0 Å². The Labute approximate surface area is 113 Å². The van der Waals surface area contributed by atoms with Crippen molar-refractivity contribution in [1.29, 1.82) is 0 Å². The highest BCUT2D eigenvalue weighted by Gasteiger charge is 2.38. The molecular weight excluding hydrogens is 248 g/mol. The predicted octanol–water partition coefficient (Wildman–Crippen LogP) is -0.0839. The third kappa shape index (κ3) is 4.80. The van der Waals surface area contributed by atoms with Crippen molar-refractivity contribution in [2.75, 3.05) is 27.2 Å². The van der Waals surface area contributed by atoms with Crippen molar-refractivity contribution >= 4 is 11.9 Å². The number of hydrogen-bond donors (Lipinski definition) is 3. The van der Waals surface area contributed by atoms with E-state index in [9.17, 15) is 14.7 Å². The zero-order valence-electron chi connectivity index (χ0n) is 11.8. The highest BCUT2D eigenvalue weighted by molar-refractivity contribution is 5.85. The molecule has 3 atom stereocenters. The van der Waals surface area contributed by atoms with Crippen LogP contribution in [0.5, 0.6) is 0 Å². The topological polar surface area (TPSA) is 89.9 Å². The van der Waals surface area contributed by atoms with Crippen LogP contribution in [0.25, 0.3) is 0 Å². The average molecular weight is 272 g/mol. The summed E-state index contributed by atoms with van der Waals surface area (Å²) in [6, 6.07) is 0. The fraction of sp³-hybridized carbons (Fsp3) is 0.846. The molecule has 6 nitrogen and oxygen atoms in total. The van der Waals surface area contributed by atoms with Gasteiger partial charge in [-0.1, -0.05) is 6.42 Å². The number of aliphatic carboxylic acids is 1. The highest BCUT2D eigenvalue weighted by atomic mass is 16.4. The number of carboxylic acids is 1. The van der Waals surface area contributed by atoms with E-state index < -0.39 is 23.4 Å². The molecule has 0 aromatic heterocycles. The zero-order valence-corrected chi connectivity index (χ0v) is 11.8. The Bertz CT molecular complexity index is 342. The summed E-state index contributed by atoms with van der Waals surface area (Å²) in [5, 5.41) is 21.8. The smallest absolute Gasteiger partial charge is 0.307 e. The summed E-state index contributed by atoms with van der Waals surface area (Å²) in [6.07, 6.45) is 1.93. The highest BCUT2D eigenvalue weighted by Crippen LogP contribution is 2.32. The first-order chi connectivity index (χ1) is 8.73. The van der Waals surface area contributed by atoms with Crippen LogP contribution in [0.3, 0.4) is 0 Å². The van der Waals surface area contributed by atoms with Crippen LogP contribution in [-0.4, -0.2) is 59.8 Å². The number of nitrogens with zero attached hydrogens (tertiary/aromatic N) is 1. The van der Waals surface area contributed by atoms with Crippen molar-refractivity contribution in [2.45, 2.75) is 31.8 Å². The van der Waals surface area contributed by atoms with E-state index in [1.807, 2.05) is 19.0 Å². The van der Waals surface area contributed by atoms with E-state index in [-0.39, 0.29) is 12.5 Å². The summed E-state index contributed by atoms with van der Waals surface area (Å²) in [4.78, 5) is 24.9. The van der Waals surface area contributed by atoms with Crippen LogP contribution in [0.1, 0.15) is 26.2 Å². The molecular formula is C13H24N2O4. The first kappa shape index (κ1) is 15.9. The van der Waals surface area contributed by atoms with Gasteiger partial charge in [-0.25, -0.2) is 0 Å². The minimum atomic E-state index is -1.02. The molecule has 0 spiro atoms. The summed E-state index contributed by atoms with van der Waals surface area (Å²) < 4.78 is 0. The second kappa shape index (κ2) is 6.34. The molecule has 110 valence electrons. The number of hydrogen-bond acceptors (Lipinski definition) is 4. The first-order valence-corrected chi connectivity index (χ1v) is 6.60. The summed E-state index contributed by atoms with van der Waals surface area (Å²) in [7, 11) is 3.68. The van der Waals surface area contributed by atoms with Crippen LogP contribution in [0.4, 0.5) is 0 Å². The van der Waals surface area contributed by atoms with Crippen molar-refractivity contribution in [2.24, 2.45) is 11.8 Å². The van der Waals surface area contributed by atoms with Gasteiger partial charge in [0.2, 0.25) is 5.91 Å². The van der Waals surface area contributed by atoms with Crippen LogP contribution < -0.4 is 5.32 Å². The third-order valence-electron chi connectivity index (χ3n) is 3.47. The Morgan fingerprint density at radius 1 is 1.32 bits per heavy atom. The molecule has 0 aromatic carbocycles. The van der Waals surface area contributed by atoms with E-state index in [4.69, 9.17) is 5.11 Å². The van der Waals surface area contributed by atoms with Gasteiger partial charge in [-0.2, -0.15) is 0 Å². The second-order valence-corrected chi connectivity index (χ2v) is 5.93. The van der Waals surface area contributed by atoms with E-state index in [0.29, 0.717) is 19.4 Å². The van der Waals surface area contributed by atoms with Crippen molar-refractivity contribution in [3.05, 3.63) is 0 Å². The molecule has 0 radical (unpaired) electrons. The lowest BCUT2D eigenvalue weighted by Gasteiger charge is -2.28. The van der Waals surface area contributed by atoms with Gasteiger partial charge in [0.1, 0.15) is 0 Å². The van der Waals surface area contributed by atoms with E-state index in [2.05, 4.69) is 5.32 Å². The third-order valence-corrected chi connectivity index (χ3v) is 3.47. The molecule has 6 heteroatoms. The van der Waals surface area contributed by atoms with E-state index in [0.717, 1.165) is 6.42 Å². The standard InChI is InChI=1S/C13H24N2O4/c1-13(19,8-15(2)3)7-14-11(16)9-5-4-6-10(9)12(17)18/h9-10,19H,4-8H2,1-3H3,(H,14,16)(H,17,18)/t9-,10+,13?/m1/s1. The normalized spacial score (nSPS) is 26.2. The minimum absolute atomic E-state index is 0.132. The predicted molar refractivity (Wildman–Crippen MR) is 70.7 cm³/mol. The fourth-order valence-electron chi connectivity index (χ4n) is 2.72. The number of aliphatic hydroxyl groups is 1. The van der Waals surface area contributed by atoms with Gasteiger partial charge in [-0.05, 0) is 33.9 Å². The van der Waals surface area contributed by atoms with E-state index in [1.54, 1.807) is 6.92 Å². The van der Waals surface area contributed by atoms with Gasteiger partial charge >= 0.3 is 5.97 Å². The minimum Gasteiger partial charge on any atom is -0.481 e. The van der Waals surface area contributed by atoms with Gasteiger partial charge in [0.15, 0.2) is 0 Å². The maximum Gasteiger partial charge on any atom is 0.307 e. The lowest BCUT2D eigenvalue weighted by atomic mass is 9.95. The first-order valence-electron chi connectivity index (χ1n) is 6.60. The Kier molecular flexibility index (Phi) is 5.31. The molecule has 19 heavy (non-hydrogen) atoms. The molecule has 1 fully saturated rings. The van der Waals surface area contributed by atoms with Gasteiger partial charge in [-0.3, -0.25) is 9.59 Å². The number of nitrogens with one attached hydrogen (secondary N) is 1. The summed E-state index contributed by atoms with van der Waals surface area (Å²) >= 11 is 0. The summed E-state index contributed by atoms with van der Waals surface area (Å²) in [5.74, 6) is -2.21. The van der Waals surface area contributed by atoms with Gasteiger partial charge < -0.3 is 20.4 Å². The Hall–Kier alpha value is -1.14. The number of amides is 1. The van der Waals surface area contributed by atoms with Gasteiger partial charge in [-0.15, -0.1) is 0 Å². The quantitative estimate of drug-likeness (QED) is 0.629. The maximum atomic E-state index is 12.0. The summed E-state index contributed by atoms with van der Waals surface area (Å²) in [5.41, 5.74) is -1.02. The van der Waals surface area contributed by atoms with E-state index in [1.165, 1.54) is 0 Å². The number of carbonyl (C=O) groups excluding carboxylic acids is 1. The van der Waals surface area contributed by atoms with Crippen molar-refractivity contribution < 1.29 is 19.8 Å². The number of carbonyl (C=O) groups is 2. The largest absolute Gasteiger partial charge is 0.481 e. The van der Waals surface area contributed by atoms with Gasteiger partial charge in [0, 0.05) is 13.1 Å². The van der Waals surface area contributed by atoms with Crippen LogP contribution in [0, 0.1) is 11.8 Å². The Morgan fingerprint density at radius 3 is 2.42 bits per heavy atom. The second-order valence-electron chi connectivity index (χ2n) is 5.93. The lowest BCUT2D eigenvalue weighted by Crippen LogP contribution is -2.48. The SMILES string of the molecule is CN(C)CC(C)(O)CNC(=O)[C@@H]1CCC[C@@H]1C(=O)O. The van der Waals surface area contributed by atoms with Gasteiger partial charge in [0.05, 0.1) is 17.4 Å². The van der Waals surface area contributed by atoms with Crippen LogP contribution in [0.2, 0.25) is 0 Å². The molecule has 0 aliphatic heterocycles. The number of carboxylic acid groups (broad SMARTS) is 1. The molecule has 0 bridgehead atoms. The molecule has 1 rings (SSSR count). The number of likely N-dealkylation sites (N-methyl/N-ethyl adjacent to an activating group) is 1. The molecule has 1 unspecified atom stereocenters. The van der Waals surface area contributed by atoms with E-state index >= 15 is 0 Å². The van der Waals surface area contributed by atoms with Crippen molar-refractivity contribution in [1.82, 2.24) is 10.2 Å². The molecule has 0 heterocycles. The molecule has 1 amide bonds. The molecule has 3 N–H and O–H groups in total. The summed E-state index contributed by atoms with van der Waals surface area (Å²) in [6.45, 7) is 2.21. The molecule has 0 saturated heterocycles. The van der Waals surface area contributed by atoms with Crippen molar-refractivity contribution in [3.63, 3.8) is 0 Å². The monoisotopic (exact) mass is 272 g/mol. The average Bonchev–Trinajstić information content (AvgIpc) is 2.73. The number of rotatable bonds is 6. The molecule has 0 aromatic rings. The Balaban J connectivity index is 2.49. The molecule has 1 saturated carbocycles. The zero-order chi connectivity index (χ0) is 14.6.